The Morgan fingerprint density at radius 1 is 1.42 bits per heavy atom. The van der Waals surface area contributed by atoms with Gasteiger partial charge in [0, 0.05) is 12.6 Å². The van der Waals surface area contributed by atoms with Crippen LogP contribution in [-0.2, 0) is 9.53 Å². The maximum atomic E-state index is 11.9. The predicted octanol–water partition coefficient (Wildman–Crippen LogP) is 0.668. The number of carbonyl (C=O) groups is 1. The molecule has 0 aromatic rings. The van der Waals surface area contributed by atoms with E-state index in [4.69, 9.17) is 9.84 Å². The number of hydrogen-bond acceptors (Lipinski definition) is 4. The summed E-state index contributed by atoms with van der Waals surface area (Å²) in [6, 6.07) is -0.0263. The number of rotatable bonds is 6. The molecule has 5 nitrogen and oxygen atoms in total. The molecule has 1 atom stereocenters. The van der Waals surface area contributed by atoms with Gasteiger partial charge in [0.15, 0.2) is 0 Å². The lowest BCUT2D eigenvalue weighted by atomic mass is 9.85. The third-order valence-electron chi connectivity index (χ3n) is 3.53. The Morgan fingerprint density at radius 3 is 2.58 bits per heavy atom. The first-order chi connectivity index (χ1) is 8.93. The summed E-state index contributed by atoms with van der Waals surface area (Å²) in [5, 5.41) is 15.3. The van der Waals surface area contributed by atoms with Gasteiger partial charge in [0.1, 0.15) is 6.61 Å². The third-order valence-corrected chi connectivity index (χ3v) is 3.53. The van der Waals surface area contributed by atoms with Crippen LogP contribution in [0.4, 0.5) is 0 Å². The fourth-order valence-corrected chi connectivity index (χ4v) is 2.24. The Hall–Kier alpha value is -0.650. The molecule has 19 heavy (non-hydrogen) atoms. The lowest BCUT2D eigenvalue weighted by molar-refractivity contribution is -0.129. The zero-order valence-corrected chi connectivity index (χ0v) is 12.4. The van der Waals surface area contributed by atoms with E-state index in [-0.39, 0.29) is 36.7 Å². The quantitative estimate of drug-likeness (QED) is 0.664. The van der Waals surface area contributed by atoms with Crippen LogP contribution in [0.3, 0.4) is 0 Å². The number of amides is 1. The van der Waals surface area contributed by atoms with Crippen molar-refractivity contribution in [2.45, 2.75) is 52.2 Å². The second-order valence-corrected chi connectivity index (χ2v) is 6.26. The highest BCUT2D eigenvalue weighted by atomic mass is 16.5. The van der Waals surface area contributed by atoms with Gasteiger partial charge in [-0.2, -0.15) is 0 Å². The highest BCUT2D eigenvalue weighted by Gasteiger charge is 2.26. The molecule has 3 N–H and O–H groups in total. The summed E-state index contributed by atoms with van der Waals surface area (Å²) in [6.45, 7) is 8.28. The SMILES string of the molecule is CC(C)(C)C(CCO)NC(=O)COC1CCNCC1. The number of aliphatic hydroxyl groups is 1. The average molecular weight is 272 g/mol. The van der Waals surface area contributed by atoms with E-state index >= 15 is 0 Å². The van der Waals surface area contributed by atoms with Crippen molar-refractivity contribution < 1.29 is 14.6 Å². The van der Waals surface area contributed by atoms with E-state index in [1.165, 1.54) is 0 Å². The van der Waals surface area contributed by atoms with Gasteiger partial charge in [0.05, 0.1) is 6.10 Å². The number of nitrogens with one attached hydrogen (secondary N) is 2. The molecule has 1 unspecified atom stereocenters. The molecule has 1 heterocycles. The molecular formula is C14H28N2O3. The molecule has 1 aliphatic heterocycles. The first-order valence-corrected chi connectivity index (χ1v) is 7.16. The summed E-state index contributed by atoms with van der Waals surface area (Å²) in [4.78, 5) is 11.9. The van der Waals surface area contributed by atoms with E-state index < -0.39 is 0 Å². The van der Waals surface area contributed by atoms with Crippen LogP contribution in [0.5, 0.6) is 0 Å². The smallest absolute Gasteiger partial charge is 0.246 e. The molecule has 0 aromatic heterocycles. The summed E-state index contributed by atoms with van der Waals surface area (Å²) >= 11 is 0. The zero-order chi connectivity index (χ0) is 14.3. The fraction of sp³-hybridized carbons (Fsp3) is 0.929. The molecule has 112 valence electrons. The van der Waals surface area contributed by atoms with Crippen molar-refractivity contribution >= 4 is 5.91 Å². The molecule has 1 fully saturated rings. The Kier molecular flexibility index (Phi) is 6.75. The Labute approximate surface area is 116 Å². The van der Waals surface area contributed by atoms with Crippen molar-refractivity contribution in [1.29, 1.82) is 0 Å². The molecular weight excluding hydrogens is 244 g/mol. The average Bonchev–Trinajstić information content (AvgIpc) is 2.36. The molecule has 0 aromatic carbocycles. The number of aliphatic hydroxyl groups excluding tert-OH is 1. The molecule has 0 aliphatic carbocycles. The Bertz CT molecular complexity index is 270. The fourth-order valence-electron chi connectivity index (χ4n) is 2.24. The highest BCUT2D eigenvalue weighted by molar-refractivity contribution is 5.77. The van der Waals surface area contributed by atoms with Crippen molar-refractivity contribution in [2.75, 3.05) is 26.3 Å². The second kappa shape index (κ2) is 7.82. The summed E-state index contributed by atoms with van der Waals surface area (Å²) < 4.78 is 5.62. The first kappa shape index (κ1) is 16.4. The van der Waals surface area contributed by atoms with Crippen molar-refractivity contribution in [1.82, 2.24) is 10.6 Å². The minimum atomic E-state index is -0.0908. The lowest BCUT2D eigenvalue weighted by Crippen LogP contribution is -2.46. The third kappa shape index (κ3) is 6.36. The number of hydrogen-bond donors (Lipinski definition) is 3. The molecule has 0 spiro atoms. The van der Waals surface area contributed by atoms with Gasteiger partial charge in [-0.15, -0.1) is 0 Å². The van der Waals surface area contributed by atoms with Crippen LogP contribution in [0.25, 0.3) is 0 Å². The summed E-state index contributed by atoms with van der Waals surface area (Å²) in [5.74, 6) is -0.0908. The topological polar surface area (TPSA) is 70.6 Å². The van der Waals surface area contributed by atoms with Gasteiger partial charge < -0.3 is 20.5 Å². The van der Waals surface area contributed by atoms with Gasteiger partial charge >= 0.3 is 0 Å². The first-order valence-electron chi connectivity index (χ1n) is 7.16. The molecule has 0 bridgehead atoms. The van der Waals surface area contributed by atoms with Crippen molar-refractivity contribution in [3.05, 3.63) is 0 Å². The summed E-state index contributed by atoms with van der Waals surface area (Å²) in [6.07, 6.45) is 2.69. The van der Waals surface area contributed by atoms with Crippen LogP contribution in [0.1, 0.15) is 40.0 Å². The van der Waals surface area contributed by atoms with E-state index in [1.54, 1.807) is 0 Å². The molecule has 1 saturated heterocycles. The van der Waals surface area contributed by atoms with Crippen LogP contribution >= 0.6 is 0 Å². The van der Waals surface area contributed by atoms with Gasteiger partial charge in [0.2, 0.25) is 5.91 Å². The van der Waals surface area contributed by atoms with Gasteiger partial charge in [0.25, 0.3) is 0 Å². The predicted molar refractivity (Wildman–Crippen MR) is 74.9 cm³/mol. The van der Waals surface area contributed by atoms with E-state index in [2.05, 4.69) is 31.4 Å². The molecule has 1 amide bonds. The van der Waals surface area contributed by atoms with Gasteiger partial charge in [-0.3, -0.25) is 4.79 Å². The van der Waals surface area contributed by atoms with Gasteiger partial charge in [-0.1, -0.05) is 20.8 Å². The number of ether oxygens (including phenoxy) is 1. The van der Waals surface area contributed by atoms with E-state index in [0.29, 0.717) is 6.42 Å². The molecule has 1 rings (SSSR count). The Morgan fingerprint density at radius 2 is 2.05 bits per heavy atom. The van der Waals surface area contributed by atoms with Gasteiger partial charge in [-0.25, -0.2) is 0 Å². The highest BCUT2D eigenvalue weighted by Crippen LogP contribution is 2.21. The monoisotopic (exact) mass is 272 g/mol. The van der Waals surface area contributed by atoms with E-state index in [1.807, 2.05) is 0 Å². The zero-order valence-electron chi connectivity index (χ0n) is 12.4. The van der Waals surface area contributed by atoms with Crippen LogP contribution < -0.4 is 10.6 Å². The van der Waals surface area contributed by atoms with Crippen LogP contribution in [0, 0.1) is 5.41 Å². The molecule has 0 saturated carbocycles. The van der Waals surface area contributed by atoms with Crippen molar-refractivity contribution in [3.63, 3.8) is 0 Å². The molecule has 1 aliphatic rings. The lowest BCUT2D eigenvalue weighted by Gasteiger charge is -2.31. The maximum absolute atomic E-state index is 11.9. The van der Waals surface area contributed by atoms with Crippen molar-refractivity contribution in [3.8, 4) is 0 Å². The normalized spacial score (nSPS) is 19.2. The minimum absolute atomic E-state index is 0.0263. The van der Waals surface area contributed by atoms with Crippen LogP contribution in [0.15, 0.2) is 0 Å². The van der Waals surface area contributed by atoms with Gasteiger partial charge in [-0.05, 0) is 37.8 Å². The van der Waals surface area contributed by atoms with E-state index in [0.717, 1.165) is 25.9 Å². The molecule has 5 heteroatoms. The number of piperidine rings is 1. The maximum Gasteiger partial charge on any atom is 0.246 e. The second-order valence-electron chi connectivity index (χ2n) is 6.26. The standard InChI is InChI=1S/C14H28N2O3/c1-14(2,3)12(6-9-17)16-13(18)10-19-11-4-7-15-8-5-11/h11-12,15,17H,4-10H2,1-3H3,(H,16,18). The largest absolute Gasteiger partial charge is 0.396 e. The summed E-state index contributed by atoms with van der Waals surface area (Å²) in [7, 11) is 0. The Balaban J connectivity index is 2.31. The van der Waals surface area contributed by atoms with Crippen LogP contribution in [-0.4, -0.2) is 49.5 Å². The summed E-state index contributed by atoms with van der Waals surface area (Å²) in [5.41, 5.74) is -0.0624. The minimum Gasteiger partial charge on any atom is -0.396 e. The number of carbonyl (C=O) groups excluding carboxylic acids is 1. The van der Waals surface area contributed by atoms with Crippen molar-refractivity contribution in [2.24, 2.45) is 5.41 Å². The molecule has 0 radical (unpaired) electrons. The van der Waals surface area contributed by atoms with Crippen LogP contribution in [0.2, 0.25) is 0 Å². The van der Waals surface area contributed by atoms with E-state index in [9.17, 15) is 4.79 Å².